The Labute approximate surface area is 103 Å². The van der Waals surface area contributed by atoms with Crippen LogP contribution in [0.4, 0.5) is 0 Å². The quantitative estimate of drug-likeness (QED) is 0.573. The lowest BCUT2D eigenvalue weighted by molar-refractivity contribution is -0.133. The number of ether oxygens (including phenoxy) is 1. The highest BCUT2D eigenvalue weighted by atomic mass is 16.5. The summed E-state index contributed by atoms with van der Waals surface area (Å²) in [5, 5.41) is 0. The van der Waals surface area contributed by atoms with E-state index in [4.69, 9.17) is 4.74 Å². The van der Waals surface area contributed by atoms with Gasteiger partial charge in [0.2, 0.25) is 0 Å². The summed E-state index contributed by atoms with van der Waals surface area (Å²) in [6.45, 7) is 4.25. The number of carbonyl (C=O) groups is 1. The molecule has 2 nitrogen and oxygen atoms in total. The highest BCUT2D eigenvalue weighted by Crippen LogP contribution is 2.31. The number of aryl methyl sites for hydroxylation is 1. The first-order chi connectivity index (χ1) is 8.15. The minimum Gasteiger partial charge on any atom is -0.426 e. The van der Waals surface area contributed by atoms with E-state index in [2.05, 4.69) is 6.92 Å². The lowest BCUT2D eigenvalue weighted by Crippen LogP contribution is -2.23. The summed E-state index contributed by atoms with van der Waals surface area (Å²) in [4.78, 5) is 11.9. The summed E-state index contributed by atoms with van der Waals surface area (Å²) >= 11 is 0. The van der Waals surface area contributed by atoms with Crippen LogP contribution in [0, 0.1) is 18.8 Å². The predicted molar refractivity (Wildman–Crippen MR) is 67.7 cm³/mol. The van der Waals surface area contributed by atoms with E-state index in [9.17, 15) is 4.79 Å². The zero-order valence-corrected chi connectivity index (χ0v) is 10.5. The fraction of sp³-hybridized carbons (Fsp3) is 0.467. The van der Waals surface area contributed by atoms with Gasteiger partial charge in [-0.15, -0.1) is 0 Å². The fourth-order valence-corrected chi connectivity index (χ4v) is 2.10. The van der Waals surface area contributed by atoms with E-state index in [1.165, 1.54) is 5.56 Å². The van der Waals surface area contributed by atoms with Gasteiger partial charge in [-0.2, -0.15) is 0 Å². The summed E-state index contributed by atoms with van der Waals surface area (Å²) in [6, 6.07) is 7.60. The molecule has 0 bridgehead atoms. The molecule has 1 saturated carbocycles. The van der Waals surface area contributed by atoms with Crippen LogP contribution >= 0.6 is 0 Å². The number of hydrogen-bond acceptors (Lipinski definition) is 2. The molecule has 1 aromatic carbocycles. The molecule has 0 atom stereocenters. The second kappa shape index (κ2) is 5.35. The van der Waals surface area contributed by atoms with Gasteiger partial charge in [-0.05, 0) is 50.7 Å². The Kier molecular flexibility index (Phi) is 3.82. The molecule has 1 aromatic rings. The van der Waals surface area contributed by atoms with E-state index in [1.54, 1.807) is 0 Å². The molecule has 91 valence electrons. The third-order valence-corrected chi connectivity index (χ3v) is 3.40. The van der Waals surface area contributed by atoms with E-state index in [-0.39, 0.29) is 5.97 Å². The summed E-state index contributed by atoms with van der Waals surface area (Å²) in [5.41, 5.74) is 1.17. The second-order valence-corrected chi connectivity index (χ2v) is 4.99. The molecular weight excluding hydrogens is 212 g/mol. The molecule has 17 heavy (non-hydrogen) atoms. The Bertz CT molecular complexity index is 372. The van der Waals surface area contributed by atoms with Crippen molar-refractivity contribution in [2.75, 3.05) is 0 Å². The van der Waals surface area contributed by atoms with Crippen molar-refractivity contribution >= 4 is 5.97 Å². The Hall–Kier alpha value is -1.31. The lowest BCUT2D eigenvalue weighted by Gasteiger charge is -2.23. The molecule has 0 unspecified atom stereocenters. The second-order valence-electron chi connectivity index (χ2n) is 4.99. The standard InChI is InChI=1S/C15H19O2/c1-11-3-7-13(8-4-11)15(16)17-14-9-5-12(2)6-10-14/h5-6,9-11H,3-4,7-8H2,1-2H3. The monoisotopic (exact) mass is 231 g/mol. The zero-order chi connectivity index (χ0) is 12.3. The maximum absolute atomic E-state index is 11.9. The maximum atomic E-state index is 11.9. The molecule has 1 fully saturated rings. The highest BCUT2D eigenvalue weighted by Gasteiger charge is 2.26. The van der Waals surface area contributed by atoms with Crippen LogP contribution < -0.4 is 4.74 Å². The smallest absolute Gasteiger partial charge is 0.318 e. The molecule has 0 spiro atoms. The van der Waals surface area contributed by atoms with E-state index >= 15 is 0 Å². The predicted octanol–water partition coefficient (Wildman–Crippen LogP) is 3.69. The summed E-state index contributed by atoms with van der Waals surface area (Å²) in [5.74, 6) is 2.20. The van der Waals surface area contributed by atoms with Crippen LogP contribution in [0.15, 0.2) is 24.3 Å². The summed E-state index contributed by atoms with van der Waals surface area (Å²) in [6.07, 6.45) is 4.01. The molecular formula is C15H19O2. The average Bonchev–Trinajstić information content (AvgIpc) is 2.33. The molecule has 1 aliphatic carbocycles. The van der Waals surface area contributed by atoms with Gasteiger partial charge in [0.05, 0.1) is 5.92 Å². The van der Waals surface area contributed by atoms with E-state index in [0.29, 0.717) is 5.75 Å². The van der Waals surface area contributed by atoms with Gasteiger partial charge in [0, 0.05) is 0 Å². The van der Waals surface area contributed by atoms with Crippen LogP contribution in [-0.4, -0.2) is 5.97 Å². The van der Waals surface area contributed by atoms with Crippen molar-refractivity contribution < 1.29 is 9.53 Å². The van der Waals surface area contributed by atoms with Crippen molar-refractivity contribution in [3.63, 3.8) is 0 Å². The zero-order valence-electron chi connectivity index (χ0n) is 10.5. The molecule has 1 radical (unpaired) electrons. The number of benzene rings is 1. The third kappa shape index (κ3) is 3.32. The van der Waals surface area contributed by atoms with Crippen molar-refractivity contribution in [2.45, 2.75) is 39.5 Å². The van der Waals surface area contributed by atoms with Gasteiger partial charge in [0.15, 0.2) is 0 Å². The van der Waals surface area contributed by atoms with Gasteiger partial charge in [-0.1, -0.05) is 24.6 Å². The van der Waals surface area contributed by atoms with Crippen LogP contribution in [0.2, 0.25) is 0 Å². The Morgan fingerprint density at radius 1 is 1.18 bits per heavy atom. The molecule has 0 saturated heterocycles. The van der Waals surface area contributed by atoms with Crippen molar-refractivity contribution in [3.8, 4) is 5.75 Å². The Morgan fingerprint density at radius 3 is 2.35 bits per heavy atom. The van der Waals surface area contributed by atoms with Crippen molar-refractivity contribution in [1.82, 2.24) is 0 Å². The highest BCUT2D eigenvalue weighted by molar-refractivity contribution is 5.86. The van der Waals surface area contributed by atoms with Crippen LogP contribution in [0.5, 0.6) is 5.75 Å². The number of carbonyl (C=O) groups excluding carboxylic acids is 1. The topological polar surface area (TPSA) is 26.3 Å². The third-order valence-electron chi connectivity index (χ3n) is 3.40. The Morgan fingerprint density at radius 2 is 1.76 bits per heavy atom. The van der Waals surface area contributed by atoms with Gasteiger partial charge >= 0.3 is 5.97 Å². The van der Waals surface area contributed by atoms with Crippen LogP contribution in [-0.2, 0) is 4.79 Å². The molecule has 0 aromatic heterocycles. The van der Waals surface area contributed by atoms with Crippen LogP contribution in [0.1, 0.15) is 38.2 Å². The minimum atomic E-state index is -0.138. The fourth-order valence-electron chi connectivity index (χ4n) is 2.10. The van der Waals surface area contributed by atoms with Gasteiger partial charge in [0.1, 0.15) is 5.75 Å². The number of esters is 1. The average molecular weight is 231 g/mol. The molecule has 1 aliphatic rings. The summed E-state index contributed by atoms with van der Waals surface area (Å²) in [7, 11) is 0. The van der Waals surface area contributed by atoms with Gasteiger partial charge in [-0.25, -0.2) is 0 Å². The van der Waals surface area contributed by atoms with E-state index < -0.39 is 0 Å². The Balaban J connectivity index is 1.90. The number of rotatable bonds is 2. The first-order valence-electron chi connectivity index (χ1n) is 6.28. The molecule has 0 heterocycles. The number of hydrogen-bond donors (Lipinski definition) is 0. The molecule has 0 amide bonds. The first kappa shape index (κ1) is 12.2. The molecule has 2 rings (SSSR count). The van der Waals surface area contributed by atoms with Crippen molar-refractivity contribution in [3.05, 3.63) is 35.7 Å². The van der Waals surface area contributed by atoms with Crippen LogP contribution in [0.3, 0.4) is 0 Å². The maximum Gasteiger partial charge on any atom is 0.318 e. The van der Waals surface area contributed by atoms with E-state index in [0.717, 1.165) is 37.5 Å². The minimum absolute atomic E-state index is 0.138. The van der Waals surface area contributed by atoms with E-state index in [1.807, 2.05) is 31.2 Å². The van der Waals surface area contributed by atoms with Crippen molar-refractivity contribution in [1.29, 1.82) is 0 Å². The van der Waals surface area contributed by atoms with Crippen molar-refractivity contribution in [2.24, 2.45) is 5.92 Å². The summed E-state index contributed by atoms with van der Waals surface area (Å²) < 4.78 is 5.37. The molecule has 0 N–H and O–H groups in total. The SMILES string of the molecule is Cc1ccc(OC(=O)[C]2CCC(C)CC2)cc1. The lowest BCUT2D eigenvalue weighted by atomic mass is 9.83. The molecule has 2 heteroatoms. The molecule has 0 aliphatic heterocycles. The normalized spacial score (nSPS) is 18.0. The van der Waals surface area contributed by atoms with Gasteiger partial charge in [-0.3, -0.25) is 4.79 Å². The largest absolute Gasteiger partial charge is 0.426 e. The first-order valence-corrected chi connectivity index (χ1v) is 6.28. The van der Waals surface area contributed by atoms with Gasteiger partial charge < -0.3 is 4.74 Å². The van der Waals surface area contributed by atoms with Crippen LogP contribution in [0.25, 0.3) is 0 Å². The van der Waals surface area contributed by atoms with Gasteiger partial charge in [0.25, 0.3) is 0 Å².